The fourth-order valence-electron chi connectivity index (χ4n) is 0.762. The van der Waals surface area contributed by atoms with Gasteiger partial charge in [-0.2, -0.15) is 0 Å². The molecule has 0 aromatic heterocycles. The summed E-state index contributed by atoms with van der Waals surface area (Å²) in [6, 6.07) is 0. The molecular formula is C15H40B2O4. The third-order valence-corrected chi connectivity index (χ3v) is 1.47. The van der Waals surface area contributed by atoms with E-state index in [0.717, 1.165) is 39.5 Å². The minimum Gasteiger partial charge on any atom is -0.451 e. The van der Waals surface area contributed by atoms with E-state index >= 15 is 0 Å². The molecule has 130 valence electrons. The van der Waals surface area contributed by atoms with Crippen LogP contribution < -0.4 is 0 Å². The lowest BCUT2D eigenvalue weighted by Gasteiger charge is -1.99. The van der Waals surface area contributed by atoms with E-state index in [2.05, 4.69) is 20.6 Å². The zero-order chi connectivity index (χ0) is 17.5. The molecule has 0 spiro atoms. The van der Waals surface area contributed by atoms with Crippen LogP contribution in [0.15, 0.2) is 0 Å². The smallest absolute Gasteiger partial charge is 0.286 e. The van der Waals surface area contributed by atoms with Crippen LogP contribution in [-0.2, 0) is 14.1 Å². The summed E-state index contributed by atoms with van der Waals surface area (Å²) in [4.78, 5) is 0. The second-order valence-corrected chi connectivity index (χ2v) is 4.58. The van der Waals surface area contributed by atoms with Gasteiger partial charge in [0.15, 0.2) is 0 Å². The topological polar surface area (TPSA) is 47.9 Å². The van der Waals surface area contributed by atoms with Crippen molar-refractivity contribution in [3.63, 3.8) is 0 Å². The van der Waals surface area contributed by atoms with E-state index < -0.39 is 0 Å². The summed E-state index contributed by atoms with van der Waals surface area (Å²) in [6.07, 6.45) is 1.12. The van der Waals surface area contributed by atoms with Gasteiger partial charge >= 0.3 is 0 Å². The predicted octanol–water partition coefficient (Wildman–Crippen LogP) is 3.98. The normalized spacial score (nSPS) is 8.29. The third-order valence-electron chi connectivity index (χ3n) is 1.47. The maximum atomic E-state index is 8.06. The zero-order valence-electron chi connectivity index (χ0n) is 16.1. The fourth-order valence-corrected chi connectivity index (χ4v) is 0.762. The Hall–Kier alpha value is -0.0301. The van der Waals surface area contributed by atoms with Gasteiger partial charge in [-0.05, 0) is 34.1 Å². The number of ether oxygens (including phenoxy) is 2. The second kappa shape index (κ2) is 32.1. The lowest BCUT2D eigenvalue weighted by atomic mass is 9.75. The first-order valence-electron chi connectivity index (χ1n) is 8.28. The van der Waals surface area contributed by atoms with Gasteiger partial charge in [0.05, 0.1) is 0 Å². The molecule has 0 heterocycles. The van der Waals surface area contributed by atoms with Crippen LogP contribution in [0.1, 0.15) is 41.0 Å². The molecule has 1 N–H and O–H groups in total. The molecule has 0 saturated heterocycles. The monoisotopic (exact) mass is 306 g/mol. The van der Waals surface area contributed by atoms with Gasteiger partial charge < -0.3 is 19.2 Å². The molecule has 0 aromatic rings. The molecule has 0 bridgehead atoms. The number of hydrogen-bond donors (Lipinski definition) is 1. The van der Waals surface area contributed by atoms with Crippen molar-refractivity contribution in [2.75, 3.05) is 33.0 Å². The molecule has 0 atom stereocenters. The van der Waals surface area contributed by atoms with E-state index in [-0.39, 0.29) is 6.92 Å². The first-order chi connectivity index (χ1) is 9.83. The van der Waals surface area contributed by atoms with Crippen molar-refractivity contribution in [1.82, 2.24) is 0 Å². The van der Waals surface area contributed by atoms with Crippen molar-refractivity contribution >= 4 is 13.8 Å². The highest BCUT2D eigenvalue weighted by molar-refractivity contribution is 6.48. The average Bonchev–Trinajstić information content (AvgIpc) is 2.39. The summed E-state index contributed by atoms with van der Waals surface area (Å²) >= 11 is 0. The van der Waals surface area contributed by atoms with Crippen LogP contribution >= 0.6 is 0 Å². The molecule has 0 radical (unpaired) electrons. The Morgan fingerprint density at radius 3 is 1.05 bits per heavy atom. The van der Waals surface area contributed by atoms with Crippen molar-refractivity contribution in [3.8, 4) is 0 Å². The molecule has 6 heteroatoms. The number of rotatable bonds is 7. The fraction of sp³-hybridized carbons (Fsp3) is 1.00. The maximum absolute atomic E-state index is 8.06. The molecule has 21 heavy (non-hydrogen) atoms. The molecule has 0 aromatic carbocycles. The largest absolute Gasteiger partial charge is 0.451 e. The van der Waals surface area contributed by atoms with Crippen LogP contribution in [0.3, 0.4) is 0 Å². The summed E-state index contributed by atoms with van der Waals surface area (Å²) in [6.45, 7) is 22.1. The minimum absolute atomic E-state index is 0.167. The van der Waals surface area contributed by atoms with E-state index in [1.165, 1.54) is 0 Å². The molecule has 0 amide bonds. The van der Waals surface area contributed by atoms with Crippen LogP contribution in [-0.4, -0.2) is 51.9 Å². The van der Waals surface area contributed by atoms with Crippen LogP contribution in [0, 0.1) is 0 Å². The molecule has 0 saturated carbocycles. The van der Waals surface area contributed by atoms with Gasteiger partial charge in [0.2, 0.25) is 0 Å². The van der Waals surface area contributed by atoms with Gasteiger partial charge in [-0.1, -0.05) is 34.2 Å². The van der Waals surface area contributed by atoms with Crippen LogP contribution in [0.2, 0.25) is 27.3 Å². The van der Waals surface area contributed by atoms with Gasteiger partial charge in [-0.25, -0.2) is 0 Å². The summed E-state index contributed by atoms with van der Waals surface area (Å²) in [7, 11) is 0. The minimum atomic E-state index is -0.167. The SMILES string of the molecule is CB(C)O.CCCOB(C)C.CCOCC.CCOCC. The van der Waals surface area contributed by atoms with Gasteiger partial charge in [-0.15, -0.1) is 0 Å². The van der Waals surface area contributed by atoms with Crippen molar-refractivity contribution in [2.24, 2.45) is 0 Å². The highest BCUT2D eigenvalue weighted by Crippen LogP contribution is 1.84. The summed E-state index contributed by atoms with van der Waals surface area (Å²) < 4.78 is 14.9. The standard InChI is InChI=1S/C5H13BO.2C4H10O.C2H7BO/c1-4-5-7-6(2)3;2*1-3-5-4-2;1-3(2)4/h4-5H2,1-3H3;2*3-4H2,1-2H3;4H,1-2H3. The molecule has 0 aliphatic carbocycles. The van der Waals surface area contributed by atoms with E-state index in [9.17, 15) is 0 Å². The first-order valence-corrected chi connectivity index (χ1v) is 8.28. The Morgan fingerprint density at radius 1 is 0.714 bits per heavy atom. The van der Waals surface area contributed by atoms with Crippen molar-refractivity contribution in [2.45, 2.75) is 68.3 Å². The van der Waals surface area contributed by atoms with Crippen LogP contribution in [0.5, 0.6) is 0 Å². The zero-order valence-corrected chi connectivity index (χ0v) is 16.1. The van der Waals surface area contributed by atoms with Gasteiger partial charge in [0, 0.05) is 33.0 Å². The summed E-state index contributed by atoms with van der Waals surface area (Å²) in [5.74, 6) is 0. The third kappa shape index (κ3) is 102. The second-order valence-electron chi connectivity index (χ2n) is 4.58. The Kier molecular flexibility index (Phi) is 44.3. The molecule has 0 unspecified atom stereocenters. The average molecular weight is 306 g/mol. The van der Waals surface area contributed by atoms with Crippen molar-refractivity contribution < 1.29 is 19.2 Å². The molecule has 0 aliphatic rings. The summed E-state index contributed by atoms with van der Waals surface area (Å²) in [5, 5.41) is 8.06. The molecular weight excluding hydrogens is 266 g/mol. The van der Waals surface area contributed by atoms with Gasteiger partial charge in [-0.3, -0.25) is 0 Å². The highest BCUT2D eigenvalue weighted by Gasteiger charge is 1.94. The Morgan fingerprint density at radius 2 is 1.00 bits per heavy atom. The molecule has 0 rings (SSSR count). The van der Waals surface area contributed by atoms with Crippen molar-refractivity contribution in [3.05, 3.63) is 0 Å². The Labute approximate surface area is 135 Å². The Bertz CT molecular complexity index is 124. The molecule has 0 aliphatic heterocycles. The quantitative estimate of drug-likeness (QED) is 0.723. The van der Waals surface area contributed by atoms with Gasteiger partial charge in [0.25, 0.3) is 13.8 Å². The lowest BCUT2D eigenvalue weighted by Crippen LogP contribution is -2.07. The van der Waals surface area contributed by atoms with E-state index in [4.69, 9.17) is 19.2 Å². The number of hydrogen-bond acceptors (Lipinski definition) is 4. The van der Waals surface area contributed by atoms with E-state index in [1.54, 1.807) is 13.6 Å². The first kappa shape index (κ1) is 29.0. The maximum Gasteiger partial charge on any atom is 0.286 e. The Balaban J connectivity index is -0.0000000939. The van der Waals surface area contributed by atoms with Crippen molar-refractivity contribution in [1.29, 1.82) is 0 Å². The van der Waals surface area contributed by atoms with Gasteiger partial charge in [0.1, 0.15) is 0 Å². The summed E-state index contributed by atoms with van der Waals surface area (Å²) in [5.41, 5.74) is 0. The molecule has 4 nitrogen and oxygen atoms in total. The highest BCUT2D eigenvalue weighted by atomic mass is 16.5. The molecule has 0 fully saturated rings. The van der Waals surface area contributed by atoms with Crippen LogP contribution in [0.4, 0.5) is 0 Å². The lowest BCUT2D eigenvalue weighted by molar-refractivity contribution is 0.162. The predicted molar refractivity (Wildman–Crippen MR) is 97.8 cm³/mol. The van der Waals surface area contributed by atoms with Crippen LogP contribution in [0.25, 0.3) is 0 Å². The van der Waals surface area contributed by atoms with E-state index in [0.29, 0.717) is 6.92 Å². The van der Waals surface area contributed by atoms with E-state index in [1.807, 2.05) is 27.7 Å².